The van der Waals surface area contributed by atoms with Gasteiger partial charge in [0.25, 0.3) is 0 Å². The summed E-state index contributed by atoms with van der Waals surface area (Å²) >= 11 is 0. The van der Waals surface area contributed by atoms with Crippen LogP contribution in [0.5, 0.6) is 0 Å². The van der Waals surface area contributed by atoms with Crippen molar-refractivity contribution in [3.05, 3.63) is 0 Å². The first-order valence-corrected chi connectivity index (χ1v) is 3.91. The van der Waals surface area contributed by atoms with Gasteiger partial charge in [0.1, 0.15) is 0 Å². The van der Waals surface area contributed by atoms with Gasteiger partial charge >= 0.3 is 273 Å². The molecular formula is C6H20Na8O18. The SMILES string of the molecule is O=C(O)O.O=C(O)O.O=C(O)O.O=C(O)O.O=C(O)O.O=C(O)O.[NaH].[NaH].[NaH].[NaH].[NaH].[NaH].[NaH].[NaH]. The average molecular weight is 564 g/mol. The molecule has 12 N–H and O–H groups in total. The van der Waals surface area contributed by atoms with Gasteiger partial charge in [-0.15, -0.1) is 0 Å². The zero-order chi connectivity index (χ0) is 21.5. The van der Waals surface area contributed by atoms with Crippen LogP contribution in [0, 0.1) is 0 Å². The number of carbonyl (C=O) groups is 6. The molecule has 32 heavy (non-hydrogen) atoms. The normalized spacial score (nSPS) is 4.50. The van der Waals surface area contributed by atoms with Crippen LogP contribution in [0.15, 0.2) is 0 Å². The van der Waals surface area contributed by atoms with Crippen molar-refractivity contribution in [3.8, 4) is 0 Å². The Morgan fingerprint density at radius 2 is 0.219 bits per heavy atom. The van der Waals surface area contributed by atoms with Crippen LogP contribution in [0.2, 0.25) is 0 Å². The standard InChI is InChI=1S/6CH2O3.8Na.8H/c6*2-1(3)4;;;;;;;;;;;;;;;;/h6*(H2,2,3,4);;;;;;;;;;;;;;;;. The fraction of sp³-hybridized carbons (Fsp3) is 0. The summed E-state index contributed by atoms with van der Waals surface area (Å²) in [5.41, 5.74) is 0. The molecule has 0 aliphatic rings. The van der Waals surface area contributed by atoms with Crippen LogP contribution in [0.3, 0.4) is 0 Å². The number of carboxylic acid groups (broad SMARTS) is 12. The summed E-state index contributed by atoms with van der Waals surface area (Å²) in [5.74, 6) is 0. The van der Waals surface area contributed by atoms with Crippen LogP contribution in [-0.2, 0) is 0 Å². The summed E-state index contributed by atoms with van der Waals surface area (Å²) in [5, 5.41) is 83.7. The van der Waals surface area contributed by atoms with Crippen molar-refractivity contribution in [2.45, 2.75) is 0 Å². The predicted octanol–water partition coefficient (Wildman–Crippen LogP) is -3.85. The molecule has 0 aromatic rings. The van der Waals surface area contributed by atoms with E-state index in [-0.39, 0.29) is 236 Å². The molecule has 160 valence electrons. The number of rotatable bonds is 0. The Morgan fingerprint density at radius 3 is 0.219 bits per heavy atom. The molecule has 0 heterocycles. The Morgan fingerprint density at radius 1 is 0.219 bits per heavy atom. The Labute approximate surface area is 355 Å². The van der Waals surface area contributed by atoms with E-state index in [1.54, 1.807) is 0 Å². The van der Waals surface area contributed by atoms with E-state index < -0.39 is 36.9 Å². The van der Waals surface area contributed by atoms with Gasteiger partial charge in [-0.05, 0) is 0 Å². The quantitative estimate of drug-likeness (QED) is 0.125. The molecule has 0 saturated carbocycles. The molecule has 0 rings (SSSR count). The minimum atomic E-state index is -1.83. The van der Waals surface area contributed by atoms with E-state index >= 15 is 0 Å². The second kappa shape index (κ2) is 83.7. The van der Waals surface area contributed by atoms with Crippen molar-refractivity contribution < 1.29 is 90.0 Å². The monoisotopic (exact) mass is 564 g/mol. The molecule has 18 nitrogen and oxygen atoms in total. The van der Waals surface area contributed by atoms with Gasteiger partial charge in [-0.25, -0.2) is 28.8 Å². The molecule has 0 saturated heterocycles. The van der Waals surface area contributed by atoms with Crippen molar-refractivity contribution in [2.24, 2.45) is 0 Å². The summed E-state index contributed by atoms with van der Waals surface area (Å²) < 4.78 is 0. The Hall–Kier alpha value is 3.62. The van der Waals surface area contributed by atoms with Crippen LogP contribution in [0.25, 0.3) is 0 Å². The van der Waals surface area contributed by atoms with Crippen molar-refractivity contribution in [2.75, 3.05) is 0 Å². The van der Waals surface area contributed by atoms with E-state index in [9.17, 15) is 0 Å². The topological polar surface area (TPSA) is 345 Å². The van der Waals surface area contributed by atoms with Gasteiger partial charge in [-0.2, -0.15) is 0 Å². The molecule has 0 aliphatic carbocycles. The Kier molecular flexibility index (Phi) is 239. The van der Waals surface area contributed by atoms with Gasteiger partial charge in [0, 0.05) is 0 Å². The van der Waals surface area contributed by atoms with Crippen molar-refractivity contribution in [3.63, 3.8) is 0 Å². The van der Waals surface area contributed by atoms with Gasteiger partial charge in [-0.3, -0.25) is 0 Å². The molecule has 0 aromatic heterocycles. The van der Waals surface area contributed by atoms with Gasteiger partial charge in [-0.1, -0.05) is 0 Å². The average Bonchev–Trinajstić information content (AvgIpc) is 2.08. The van der Waals surface area contributed by atoms with E-state index in [0.717, 1.165) is 0 Å². The molecule has 0 spiro atoms. The third-order valence-corrected chi connectivity index (χ3v) is 0. The minimum absolute atomic E-state index is 0. The first-order chi connectivity index (χ1) is 10.4. The maximum absolute atomic E-state index is 8.56. The van der Waals surface area contributed by atoms with Gasteiger partial charge in [0.05, 0.1) is 0 Å². The van der Waals surface area contributed by atoms with Gasteiger partial charge in [0.2, 0.25) is 0 Å². The molecule has 26 heteroatoms. The first kappa shape index (κ1) is 91.3. The second-order valence-electron chi connectivity index (χ2n) is 1.70. The van der Waals surface area contributed by atoms with Crippen LogP contribution >= 0.6 is 0 Å². The van der Waals surface area contributed by atoms with E-state index in [1.165, 1.54) is 0 Å². The van der Waals surface area contributed by atoms with E-state index in [2.05, 4.69) is 0 Å². The molecular weight excluding hydrogens is 544 g/mol. The zero-order valence-electron chi connectivity index (χ0n) is 10.8. The predicted molar refractivity (Wildman–Crippen MR) is 121 cm³/mol. The molecule has 0 aromatic carbocycles. The molecule has 0 fully saturated rings. The summed E-state index contributed by atoms with van der Waals surface area (Å²) in [7, 11) is 0. The first-order valence-electron chi connectivity index (χ1n) is 3.91. The maximum atomic E-state index is 8.56. The van der Waals surface area contributed by atoms with E-state index in [4.69, 9.17) is 90.0 Å². The Balaban J connectivity index is -0.00000000964. The molecule has 0 atom stereocenters. The van der Waals surface area contributed by atoms with Crippen molar-refractivity contribution in [1.29, 1.82) is 0 Å². The van der Waals surface area contributed by atoms with E-state index in [1.807, 2.05) is 0 Å². The van der Waals surface area contributed by atoms with Crippen LogP contribution in [-0.4, -0.2) is 335 Å². The van der Waals surface area contributed by atoms with Crippen LogP contribution < -0.4 is 0 Å². The third-order valence-electron chi connectivity index (χ3n) is 0. The number of hydrogen-bond donors (Lipinski definition) is 12. The summed E-state index contributed by atoms with van der Waals surface area (Å²) in [6.07, 6.45) is -11.0. The van der Waals surface area contributed by atoms with Gasteiger partial charge < -0.3 is 61.3 Å². The second-order valence-corrected chi connectivity index (χ2v) is 1.70. The summed E-state index contributed by atoms with van der Waals surface area (Å²) in [6.45, 7) is 0. The zero-order valence-corrected chi connectivity index (χ0v) is 10.8. The van der Waals surface area contributed by atoms with Crippen molar-refractivity contribution >= 4 is 273 Å². The van der Waals surface area contributed by atoms with Crippen molar-refractivity contribution in [1.82, 2.24) is 0 Å². The van der Waals surface area contributed by atoms with Crippen LogP contribution in [0.4, 0.5) is 28.8 Å². The molecule has 0 radical (unpaired) electrons. The third kappa shape index (κ3) is 2730. The van der Waals surface area contributed by atoms with Crippen LogP contribution in [0.1, 0.15) is 0 Å². The fourth-order valence-electron chi connectivity index (χ4n) is 0. The van der Waals surface area contributed by atoms with Gasteiger partial charge in [0.15, 0.2) is 0 Å². The number of hydrogen-bond acceptors (Lipinski definition) is 6. The molecule has 0 amide bonds. The molecule has 0 unspecified atom stereocenters. The summed E-state index contributed by atoms with van der Waals surface area (Å²) in [4.78, 5) is 51.3. The molecule has 0 bridgehead atoms. The fourth-order valence-corrected chi connectivity index (χ4v) is 0. The van der Waals surface area contributed by atoms with E-state index in [0.29, 0.717) is 0 Å². The molecule has 0 aliphatic heterocycles. The summed E-state index contributed by atoms with van der Waals surface area (Å²) in [6, 6.07) is 0. The Bertz CT molecular complexity index is 277.